The van der Waals surface area contributed by atoms with Gasteiger partial charge in [0.15, 0.2) is 5.82 Å². The molecule has 0 saturated carbocycles. The van der Waals surface area contributed by atoms with Crippen LogP contribution in [0.5, 0.6) is 5.75 Å². The highest BCUT2D eigenvalue weighted by molar-refractivity contribution is 6.32. The summed E-state index contributed by atoms with van der Waals surface area (Å²) >= 11 is 6.15. The third-order valence-electron chi connectivity index (χ3n) is 4.07. The molecule has 1 aliphatic rings. The lowest BCUT2D eigenvalue weighted by Gasteiger charge is -2.33. The molecular weight excluding hydrogens is 328 g/mol. The summed E-state index contributed by atoms with van der Waals surface area (Å²) < 4.78 is 5.16. The molecule has 0 bridgehead atoms. The molecule has 1 aliphatic heterocycles. The fourth-order valence-corrected chi connectivity index (χ4v) is 2.90. The van der Waals surface area contributed by atoms with E-state index in [0.29, 0.717) is 22.5 Å². The zero-order valence-corrected chi connectivity index (χ0v) is 14.6. The van der Waals surface area contributed by atoms with E-state index in [1.807, 2.05) is 12.1 Å². The number of halogens is 1. The van der Waals surface area contributed by atoms with Gasteiger partial charge in [-0.25, -0.2) is 0 Å². The fraction of sp³-hybridized carbons (Fsp3) is 0.438. The summed E-state index contributed by atoms with van der Waals surface area (Å²) in [6.07, 6.45) is 1.60. The van der Waals surface area contributed by atoms with Gasteiger partial charge in [0.25, 0.3) is 0 Å². The van der Waals surface area contributed by atoms with E-state index >= 15 is 0 Å². The zero-order valence-electron chi connectivity index (χ0n) is 13.9. The molecule has 3 rings (SSSR count). The Hall–Kier alpha value is -2.12. The first-order chi connectivity index (χ1) is 11.7. The molecule has 2 aromatic rings. The molecule has 1 aromatic carbocycles. The van der Waals surface area contributed by atoms with Gasteiger partial charge in [0.05, 0.1) is 18.3 Å². The van der Waals surface area contributed by atoms with Gasteiger partial charge in [0.1, 0.15) is 5.75 Å². The van der Waals surface area contributed by atoms with Gasteiger partial charge >= 0.3 is 0 Å². The molecule has 128 valence electrons. The van der Waals surface area contributed by atoms with Crippen LogP contribution in [0.25, 0.3) is 0 Å². The molecule has 1 N–H and O–H groups in total. The van der Waals surface area contributed by atoms with Gasteiger partial charge in [-0.1, -0.05) is 18.5 Å². The third kappa shape index (κ3) is 3.85. The Labute approximate surface area is 146 Å². The van der Waals surface area contributed by atoms with Gasteiger partial charge < -0.3 is 19.9 Å². The highest BCUT2D eigenvalue weighted by atomic mass is 35.5. The van der Waals surface area contributed by atoms with Crippen LogP contribution in [-0.4, -0.2) is 59.9 Å². The SMILES string of the molecule is CCN1CCN(c2nncc(Nc3ccc(OC)c(Cl)c3)n2)CC1. The lowest BCUT2D eigenvalue weighted by Crippen LogP contribution is -2.46. The first kappa shape index (κ1) is 16.7. The van der Waals surface area contributed by atoms with Crippen molar-refractivity contribution in [1.29, 1.82) is 0 Å². The average molecular weight is 349 g/mol. The summed E-state index contributed by atoms with van der Waals surface area (Å²) in [7, 11) is 1.59. The fourth-order valence-electron chi connectivity index (χ4n) is 2.64. The van der Waals surface area contributed by atoms with E-state index in [-0.39, 0.29) is 0 Å². The number of rotatable bonds is 5. The zero-order chi connectivity index (χ0) is 16.9. The number of likely N-dealkylation sites (N-methyl/N-ethyl adjacent to an activating group) is 1. The Balaban J connectivity index is 1.70. The summed E-state index contributed by atoms with van der Waals surface area (Å²) in [6, 6.07) is 5.48. The normalized spacial score (nSPS) is 15.4. The lowest BCUT2D eigenvalue weighted by molar-refractivity contribution is 0.269. The third-order valence-corrected chi connectivity index (χ3v) is 4.37. The molecule has 1 saturated heterocycles. The molecule has 0 aliphatic carbocycles. The summed E-state index contributed by atoms with van der Waals surface area (Å²) in [6.45, 7) is 7.11. The largest absolute Gasteiger partial charge is 0.495 e. The Morgan fingerprint density at radius 1 is 1.25 bits per heavy atom. The first-order valence-electron chi connectivity index (χ1n) is 7.97. The van der Waals surface area contributed by atoms with Crippen LogP contribution in [0.4, 0.5) is 17.5 Å². The van der Waals surface area contributed by atoms with Gasteiger partial charge in [-0.3, -0.25) is 0 Å². The van der Waals surface area contributed by atoms with E-state index < -0.39 is 0 Å². The van der Waals surface area contributed by atoms with E-state index in [1.165, 1.54) is 0 Å². The standard InChI is InChI=1S/C16H21ClN6O/c1-3-22-6-8-23(9-7-22)16-20-15(11-18-21-16)19-12-4-5-14(24-2)13(17)10-12/h4-5,10-11H,3,6-9H2,1-2H3,(H,19,20,21). The molecule has 2 heterocycles. The maximum absolute atomic E-state index is 6.15. The van der Waals surface area contributed by atoms with Crippen LogP contribution in [0.1, 0.15) is 6.92 Å². The van der Waals surface area contributed by atoms with Crippen molar-refractivity contribution < 1.29 is 4.74 Å². The van der Waals surface area contributed by atoms with Crippen molar-refractivity contribution in [3.63, 3.8) is 0 Å². The number of aromatic nitrogens is 3. The minimum atomic E-state index is 0.542. The van der Waals surface area contributed by atoms with E-state index in [4.69, 9.17) is 16.3 Å². The van der Waals surface area contributed by atoms with Crippen molar-refractivity contribution in [2.75, 3.05) is 50.1 Å². The minimum Gasteiger partial charge on any atom is -0.495 e. The maximum atomic E-state index is 6.15. The number of piperazine rings is 1. The topological polar surface area (TPSA) is 66.4 Å². The van der Waals surface area contributed by atoms with E-state index in [1.54, 1.807) is 19.4 Å². The van der Waals surface area contributed by atoms with Crippen molar-refractivity contribution in [2.45, 2.75) is 6.92 Å². The number of methoxy groups -OCH3 is 1. The number of ether oxygens (including phenoxy) is 1. The van der Waals surface area contributed by atoms with Crippen molar-refractivity contribution in [3.8, 4) is 5.75 Å². The highest BCUT2D eigenvalue weighted by Gasteiger charge is 2.18. The molecule has 0 atom stereocenters. The number of hydrogen-bond donors (Lipinski definition) is 1. The summed E-state index contributed by atoms with van der Waals surface area (Å²) in [5.74, 6) is 1.92. The molecule has 7 nitrogen and oxygen atoms in total. The van der Waals surface area contributed by atoms with Gasteiger partial charge in [0, 0.05) is 31.9 Å². The van der Waals surface area contributed by atoms with Crippen LogP contribution in [0.15, 0.2) is 24.4 Å². The molecule has 1 fully saturated rings. The first-order valence-corrected chi connectivity index (χ1v) is 8.35. The van der Waals surface area contributed by atoms with Crippen LogP contribution in [0.3, 0.4) is 0 Å². The Morgan fingerprint density at radius 3 is 2.71 bits per heavy atom. The Kier molecular flexibility index (Phi) is 5.32. The van der Waals surface area contributed by atoms with E-state index in [9.17, 15) is 0 Å². The van der Waals surface area contributed by atoms with Crippen LogP contribution in [-0.2, 0) is 0 Å². The van der Waals surface area contributed by atoms with Gasteiger partial charge in [-0.15, -0.1) is 5.10 Å². The van der Waals surface area contributed by atoms with Crippen molar-refractivity contribution in [2.24, 2.45) is 0 Å². The Bertz CT molecular complexity index is 690. The van der Waals surface area contributed by atoms with Crippen molar-refractivity contribution in [1.82, 2.24) is 20.1 Å². The van der Waals surface area contributed by atoms with Gasteiger partial charge in [0.2, 0.25) is 5.95 Å². The number of anilines is 3. The molecule has 0 amide bonds. The second-order valence-corrected chi connectivity index (χ2v) is 5.94. The Morgan fingerprint density at radius 2 is 2.04 bits per heavy atom. The quantitative estimate of drug-likeness (QED) is 0.890. The van der Waals surface area contributed by atoms with Gasteiger partial charge in [-0.2, -0.15) is 10.1 Å². The van der Waals surface area contributed by atoms with E-state index in [2.05, 4.69) is 37.2 Å². The van der Waals surface area contributed by atoms with Crippen LogP contribution in [0, 0.1) is 0 Å². The molecule has 0 spiro atoms. The average Bonchev–Trinajstić information content (AvgIpc) is 2.62. The monoisotopic (exact) mass is 348 g/mol. The van der Waals surface area contributed by atoms with Crippen LogP contribution in [0.2, 0.25) is 5.02 Å². The summed E-state index contributed by atoms with van der Waals surface area (Å²) in [5, 5.41) is 12.0. The molecule has 0 unspecified atom stereocenters. The number of nitrogens with one attached hydrogen (secondary N) is 1. The molecule has 8 heteroatoms. The van der Waals surface area contributed by atoms with Crippen LogP contribution >= 0.6 is 11.6 Å². The predicted octanol–water partition coefficient (Wildman–Crippen LogP) is 2.42. The highest BCUT2D eigenvalue weighted by Crippen LogP contribution is 2.28. The maximum Gasteiger partial charge on any atom is 0.247 e. The summed E-state index contributed by atoms with van der Waals surface area (Å²) in [4.78, 5) is 9.13. The molecule has 24 heavy (non-hydrogen) atoms. The van der Waals surface area contributed by atoms with E-state index in [0.717, 1.165) is 38.4 Å². The predicted molar refractivity (Wildman–Crippen MR) is 95.4 cm³/mol. The smallest absolute Gasteiger partial charge is 0.247 e. The van der Waals surface area contributed by atoms with Gasteiger partial charge in [-0.05, 0) is 24.7 Å². The van der Waals surface area contributed by atoms with Crippen molar-refractivity contribution >= 4 is 29.1 Å². The number of benzene rings is 1. The number of hydrogen-bond acceptors (Lipinski definition) is 7. The number of nitrogens with zero attached hydrogens (tertiary/aromatic N) is 5. The lowest BCUT2D eigenvalue weighted by atomic mass is 10.3. The van der Waals surface area contributed by atoms with Crippen LogP contribution < -0.4 is 15.0 Å². The second kappa shape index (κ2) is 7.63. The summed E-state index contributed by atoms with van der Waals surface area (Å²) in [5.41, 5.74) is 0.822. The van der Waals surface area contributed by atoms with Crippen molar-refractivity contribution in [3.05, 3.63) is 29.4 Å². The second-order valence-electron chi connectivity index (χ2n) is 5.54. The molecule has 0 radical (unpaired) electrons. The molecule has 1 aromatic heterocycles. The minimum absolute atomic E-state index is 0.542. The molecular formula is C16H21ClN6O.